The van der Waals surface area contributed by atoms with Crippen molar-refractivity contribution < 1.29 is 23.8 Å². The van der Waals surface area contributed by atoms with Crippen molar-refractivity contribution in [2.45, 2.75) is 32.1 Å². The molecule has 33 heavy (non-hydrogen) atoms. The van der Waals surface area contributed by atoms with E-state index in [1.807, 2.05) is 66.1 Å². The van der Waals surface area contributed by atoms with Crippen LogP contribution in [0.1, 0.15) is 31.4 Å². The quantitative estimate of drug-likeness (QED) is 0.612. The number of amides is 2. The van der Waals surface area contributed by atoms with Crippen LogP contribution >= 0.6 is 0 Å². The number of aryl methyl sites for hydroxylation is 1. The highest BCUT2D eigenvalue weighted by molar-refractivity contribution is 5.87. The number of hydrogen-bond acceptors (Lipinski definition) is 5. The summed E-state index contributed by atoms with van der Waals surface area (Å²) in [7, 11) is 4.72. The summed E-state index contributed by atoms with van der Waals surface area (Å²) < 4.78 is 16.3. The summed E-state index contributed by atoms with van der Waals surface area (Å²) in [6.45, 7) is 6.08. The molecule has 3 rings (SSSR count). The molecule has 1 aliphatic heterocycles. The first-order valence-electron chi connectivity index (χ1n) is 11.2. The maximum atomic E-state index is 13.2. The van der Waals surface area contributed by atoms with Crippen LogP contribution in [0.15, 0.2) is 42.5 Å². The summed E-state index contributed by atoms with van der Waals surface area (Å²) in [5.74, 6) is 1.86. The number of carbonyl (C=O) groups is 2. The molecule has 0 aromatic heterocycles. The fourth-order valence-electron chi connectivity index (χ4n) is 4.29. The van der Waals surface area contributed by atoms with Crippen LogP contribution in [0.5, 0.6) is 17.2 Å². The molecule has 7 nitrogen and oxygen atoms in total. The molecule has 0 radical (unpaired) electrons. The largest absolute Gasteiger partial charge is 0.493 e. The lowest BCUT2D eigenvalue weighted by molar-refractivity contribution is -0.142. The van der Waals surface area contributed by atoms with Gasteiger partial charge in [-0.15, -0.1) is 0 Å². The molecule has 0 saturated carbocycles. The van der Waals surface area contributed by atoms with Gasteiger partial charge in [-0.2, -0.15) is 0 Å². The molecule has 0 atom stereocenters. The number of hydrogen-bond donors (Lipinski definition) is 0. The van der Waals surface area contributed by atoms with E-state index in [1.54, 1.807) is 21.3 Å². The Morgan fingerprint density at radius 1 is 0.818 bits per heavy atom. The third kappa shape index (κ3) is 5.24. The van der Waals surface area contributed by atoms with Gasteiger partial charge in [0.15, 0.2) is 11.5 Å². The van der Waals surface area contributed by atoms with Crippen molar-refractivity contribution >= 4 is 11.8 Å². The number of piperazine rings is 1. The number of methoxy groups -OCH3 is 3. The van der Waals surface area contributed by atoms with Gasteiger partial charge in [-0.25, -0.2) is 0 Å². The maximum absolute atomic E-state index is 13.2. The van der Waals surface area contributed by atoms with Gasteiger partial charge in [0.05, 0.1) is 26.7 Å². The number of rotatable bonds is 8. The molecule has 2 aromatic rings. The molecular formula is C26H34N2O5. The Balaban J connectivity index is 1.58. The van der Waals surface area contributed by atoms with E-state index in [2.05, 4.69) is 0 Å². The molecule has 1 saturated heterocycles. The van der Waals surface area contributed by atoms with Crippen molar-refractivity contribution in [2.24, 2.45) is 0 Å². The van der Waals surface area contributed by atoms with Crippen LogP contribution < -0.4 is 14.2 Å². The molecular weight excluding hydrogens is 420 g/mol. The van der Waals surface area contributed by atoms with Gasteiger partial charge < -0.3 is 24.0 Å². The molecule has 1 aliphatic rings. The molecule has 0 unspecified atom stereocenters. The maximum Gasteiger partial charge on any atom is 0.232 e. The normalized spacial score (nSPS) is 14.1. The Bertz CT molecular complexity index is 966. The van der Waals surface area contributed by atoms with Crippen LogP contribution in [0, 0.1) is 0 Å². The van der Waals surface area contributed by atoms with E-state index in [1.165, 1.54) is 0 Å². The molecule has 0 aliphatic carbocycles. The summed E-state index contributed by atoms with van der Waals surface area (Å²) >= 11 is 0. The molecule has 2 aromatic carbocycles. The Morgan fingerprint density at radius 3 is 2.00 bits per heavy atom. The topological polar surface area (TPSA) is 68.3 Å². The summed E-state index contributed by atoms with van der Waals surface area (Å²) in [4.78, 5) is 29.8. The third-order valence-corrected chi connectivity index (χ3v) is 6.34. The van der Waals surface area contributed by atoms with Crippen LogP contribution in [0.4, 0.5) is 0 Å². The minimum Gasteiger partial charge on any atom is -0.493 e. The predicted molar refractivity (Wildman–Crippen MR) is 127 cm³/mol. The van der Waals surface area contributed by atoms with Gasteiger partial charge in [-0.1, -0.05) is 36.4 Å². The number of ether oxygens (including phenoxy) is 3. The number of nitrogens with zero attached hydrogens (tertiary/aromatic N) is 2. The van der Waals surface area contributed by atoms with Crippen molar-refractivity contribution in [1.82, 2.24) is 9.80 Å². The van der Waals surface area contributed by atoms with Crippen molar-refractivity contribution in [2.75, 3.05) is 47.5 Å². The summed E-state index contributed by atoms with van der Waals surface area (Å²) in [6, 6.07) is 13.5. The molecule has 0 bridgehead atoms. The van der Waals surface area contributed by atoms with Crippen LogP contribution in [0.2, 0.25) is 0 Å². The average Bonchev–Trinajstić information content (AvgIpc) is 2.86. The van der Waals surface area contributed by atoms with Crippen molar-refractivity contribution in [3.05, 3.63) is 53.6 Å². The fraction of sp³-hybridized carbons (Fsp3) is 0.462. The van der Waals surface area contributed by atoms with E-state index in [-0.39, 0.29) is 11.8 Å². The molecule has 178 valence electrons. The van der Waals surface area contributed by atoms with Crippen LogP contribution in [-0.4, -0.2) is 69.1 Å². The van der Waals surface area contributed by atoms with E-state index in [0.29, 0.717) is 56.3 Å². The van der Waals surface area contributed by atoms with Crippen molar-refractivity contribution in [1.29, 1.82) is 0 Å². The van der Waals surface area contributed by atoms with Crippen LogP contribution in [0.25, 0.3) is 0 Å². The Morgan fingerprint density at radius 2 is 1.42 bits per heavy atom. The second kappa shape index (κ2) is 10.6. The van der Waals surface area contributed by atoms with E-state index >= 15 is 0 Å². The lowest BCUT2D eigenvalue weighted by Gasteiger charge is -2.39. The van der Waals surface area contributed by atoms with Gasteiger partial charge in [0.2, 0.25) is 17.6 Å². The number of benzene rings is 2. The Kier molecular flexibility index (Phi) is 7.84. The lowest BCUT2D eigenvalue weighted by Crippen LogP contribution is -2.54. The van der Waals surface area contributed by atoms with E-state index in [0.717, 1.165) is 11.1 Å². The first-order chi connectivity index (χ1) is 15.8. The fourth-order valence-corrected chi connectivity index (χ4v) is 4.29. The van der Waals surface area contributed by atoms with Crippen molar-refractivity contribution in [3.63, 3.8) is 0 Å². The van der Waals surface area contributed by atoms with E-state index in [9.17, 15) is 9.59 Å². The summed E-state index contributed by atoms with van der Waals surface area (Å²) in [5, 5.41) is 0. The monoisotopic (exact) mass is 454 g/mol. The van der Waals surface area contributed by atoms with Gasteiger partial charge in [0.25, 0.3) is 0 Å². The average molecular weight is 455 g/mol. The third-order valence-electron chi connectivity index (χ3n) is 6.34. The molecule has 1 heterocycles. The van der Waals surface area contributed by atoms with Crippen molar-refractivity contribution in [3.8, 4) is 17.2 Å². The van der Waals surface area contributed by atoms with Crippen LogP contribution in [-0.2, 0) is 21.4 Å². The highest BCUT2D eigenvalue weighted by atomic mass is 16.5. The highest BCUT2D eigenvalue weighted by Gasteiger charge is 2.35. The standard InChI is InChI=1S/C26H34N2O5/c1-26(2,20-9-7-6-8-10-20)25(30)28-17-15-27(16-18-28)22(29)14-12-19-11-13-21(31-3)24(33-5)23(19)32-4/h6-11,13H,12,14-18H2,1-5H3. The predicted octanol–water partition coefficient (Wildman–Crippen LogP) is 3.29. The van der Waals surface area contributed by atoms with Gasteiger partial charge in [-0.05, 0) is 37.5 Å². The molecule has 0 spiro atoms. The second-order valence-electron chi connectivity index (χ2n) is 8.66. The SMILES string of the molecule is COc1ccc(CCC(=O)N2CCN(C(=O)C(C)(C)c3ccccc3)CC2)c(OC)c1OC. The lowest BCUT2D eigenvalue weighted by atomic mass is 9.83. The number of carbonyl (C=O) groups excluding carboxylic acids is 2. The smallest absolute Gasteiger partial charge is 0.232 e. The minimum absolute atomic E-state index is 0.0706. The summed E-state index contributed by atoms with van der Waals surface area (Å²) in [5.41, 5.74) is 1.29. The zero-order valence-corrected chi connectivity index (χ0v) is 20.2. The summed E-state index contributed by atoms with van der Waals surface area (Å²) in [6.07, 6.45) is 0.887. The molecule has 0 N–H and O–H groups in total. The van der Waals surface area contributed by atoms with E-state index < -0.39 is 5.41 Å². The first-order valence-corrected chi connectivity index (χ1v) is 11.2. The first kappa shape index (κ1) is 24.4. The zero-order valence-electron chi connectivity index (χ0n) is 20.2. The minimum atomic E-state index is -0.600. The van der Waals surface area contributed by atoms with E-state index in [4.69, 9.17) is 14.2 Å². The van der Waals surface area contributed by atoms with Gasteiger partial charge >= 0.3 is 0 Å². The second-order valence-corrected chi connectivity index (χ2v) is 8.66. The highest BCUT2D eigenvalue weighted by Crippen LogP contribution is 2.40. The van der Waals surface area contributed by atoms with Gasteiger partial charge in [0.1, 0.15) is 0 Å². The zero-order chi connectivity index (χ0) is 24.0. The molecule has 7 heteroatoms. The Labute approximate surface area is 196 Å². The molecule has 2 amide bonds. The van der Waals surface area contributed by atoms with Crippen LogP contribution in [0.3, 0.4) is 0 Å². The molecule has 1 fully saturated rings. The van der Waals surface area contributed by atoms with Gasteiger partial charge in [-0.3, -0.25) is 9.59 Å². The van der Waals surface area contributed by atoms with Gasteiger partial charge in [0, 0.05) is 32.6 Å². The Hall–Kier alpha value is -3.22.